The average Bonchev–Trinajstić information content (AvgIpc) is 4.06. The zero-order valence-electron chi connectivity index (χ0n) is 33.3. The minimum atomic E-state index is -0.560. The van der Waals surface area contributed by atoms with E-state index < -0.39 is 5.41 Å². The lowest BCUT2D eigenvalue weighted by molar-refractivity contribution is 0.660. The van der Waals surface area contributed by atoms with Gasteiger partial charge >= 0.3 is 0 Å². The van der Waals surface area contributed by atoms with E-state index in [0.717, 1.165) is 27.8 Å². The molecule has 3 aliphatic rings. The molecule has 60 heavy (non-hydrogen) atoms. The third-order valence-electron chi connectivity index (χ3n) is 14.4. The Labute approximate surface area is 347 Å². The van der Waals surface area contributed by atoms with Gasteiger partial charge in [0.05, 0.1) is 16.4 Å². The van der Waals surface area contributed by atoms with Crippen molar-refractivity contribution < 1.29 is 4.42 Å². The summed E-state index contributed by atoms with van der Waals surface area (Å²) < 4.78 is 9.62. The molecule has 0 unspecified atom stereocenters. The topological polar surface area (TPSA) is 18.1 Å². The number of rotatable bonds is 2. The van der Waals surface area contributed by atoms with Gasteiger partial charge in [0, 0.05) is 38.2 Å². The maximum absolute atomic E-state index is 7.17. The Bertz CT molecular complexity index is 3640. The molecule has 0 saturated heterocycles. The third kappa shape index (κ3) is 3.77. The molecule has 0 saturated carbocycles. The van der Waals surface area contributed by atoms with E-state index in [4.69, 9.17) is 4.42 Å². The second kappa shape index (κ2) is 11.2. The smallest absolute Gasteiger partial charge is 0.143 e. The van der Waals surface area contributed by atoms with Crippen LogP contribution >= 0.6 is 0 Å². The predicted octanol–water partition coefficient (Wildman–Crippen LogP) is 15.0. The first kappa shape index (κ1) is 32.5. The highest BCUT2D eigenvalue weighted by molar-refractivity contribution is 6.26. The molecule has 0 radical (unpaired) electrons. The minimum Gasteiger partial charge on any atom is -0.455 e. The minimum absolute atomic E-state index is 0.134. The van der Waals surface area contributed by atoms with Gasteiger partial charge in [-0.1, -0.05) is 159 Å². The van der Waals surface area contributed by atoms with Gasteiger partial charge in [-0.15, -0.1) is 0 Å². The Morgan fingerprint density at radius 2 is 1.00 bits per heavy atom. The SMILES string of the molecule is CC1(C)c2ccccc2-c2ccc(-c3cc4c(c5c3oc3ccccc35)-c3c(ccc5c3c3ccccc3n5-c3ccccc3)C43c4ccccc4-c4ccccc43)cc21. The predicted molar refractivity (Wildman–Crippen MR) is 247 cm³/mol. The van der Waals surface area contributed by atoms with Crippen molar-refractivity contribution in [2.45, 2.75) is 24.7 Å². The number of benzene rings is 9. The lowest BCUT2D eigenvalue weighted by Crippen LogP contribution is -2.26. The molecular formula is C58H37NO. The molecule has 0 fully saturated rings. The summed E-state index contributed by atoms with van der Waals surface area (Å²) in [5, 5.41) is 4.86. The monoisotopic (exact) mass is 763 g/mol. The van der Waals surface area contributed by atoms with E-state index in [-0.39, 0.29) is 5.41 Å². The van der Waals surface area contributed by atoms with E-state index >= 15 is 0 Å². The molecule has 280 valence electrons. The molecule has 2 heterocycles. The highest BCUT2D eigenvalue weighted by Gasteiger charge is 2.53. The van der Waals surface area contributed by atoms with Gasteiger partial charge in [0.25, 0.3) is 0 Å². The van der Waals surface area contributed by atoms with Gasteiger partial charge in [-0.25, -0.2) is 0 Å². The fraction of sp³-hybridized carbons (Fsp3) is 0.0690. The van der Waals surface area contributed by atoms with Gasteiger partial charge in [-0.2, -0.15) is 0 Å². The standard InChI is InChI=1S/C58H37NO/c1-57(2)43-23-11-6-18-36(43)39-29-28-34(32-47(39)57)42-33-48-55(53-41-22-10-15-27-51(41)60-56(42)53)54-46(58(48)44-24-12-7-19-37(44)38-20-8-13-25-45(38)58)30-31-50-52(54)40-21-9-14-26-49(40)59(50)35-16-4-3-5-17-35/h3-33H,1-2H3. The Morgan fingerprint density at radius 1 is 0.400 bits per heavy atom. The lowest BCUT2D eigenvalue weighted by atomic mass is 9.70. The van der Waals surface area contributed by atoms with Crippen LogP contribution in [0.15, 0.2) is 192 Å². The van der Waals surface area contributed by atoms with Gasteiger partial charge in [0.1, 0.15) is 11.2 Å². The van der Waals surface area contributed by atoms with Crippen molar-refractivity contribution >= 4 is 43.7 Å². The highest BCUT2D eigenvalue weighted by Crippen LogP contribution is 2.67. The van der Waals surface area contributed by atoms with Crippen LogP contribution in [-0.2, 0) is 10.8 Å². The summed E-state index contributed by atoms with van der Waals surface area (Å²) in [7, 11) is 0. The number of aromatic nitrogens is 1. The van der Waals surface area contributed by atoms with E-state index in [1.807, 2.05) is 0 Å². The number of fused-ring (bicyclic) bond motifs is 21. The number of nitrogens with zero attached hydrogens (tertiary/aromatic N) is 1. The first-order valence-electron chi connectivity index (χ1n) is 21.1. The van der Waals surface area contributed by atoms with Crippen molar-refractivity contribution in [3.8, 4) is 50.2 Å². The highest BCUT2D eigenvalue weighted by atomic mass is 16.3. The normalized spacial score (nSPS) is 14.8. The first-order valence-corrected chi connectivity index (χ1v) is 21.1. The molecule has 0 aliphatic heterocycles. The largest absolute Gasteiger partial charge is 0.455 e. The summed E-state index contributed by atoms with van der Waals surface area (Å²) >= 11 is 0. The van der Waals surface area contributed by atoms with Gasteiger partial charge in [-0.3, -0.25) is 0 Å². The van der Waals surface area contributed by atoms with Crippen LogP contribution in [0.3, 0.4) is 0 Å². The molecule has 2 heteroatoms. The van der Waals surface area contributed by atoms with E-state index in [1.54, 1.807) is 0 Å². The summed E-state index contributed by atoms with van der Waals surface area (Å²) in [6.45, 7) is 4.74. The Kier molecular flexibility index (Phi) is 6.07. The Morgan fingerprint density at radius 3 is 1.77 bits per heavy atom. The van der Waals surface area contributed by atoms with E-state index in [1.165, 1.54) is 99.5 Å². The maximum atomic E-state index is 7.17. The molecule has 9 aromatic carbocycles. The number of hydrogen-bond acceptors (Lipinski definition) is 1. The maximum Gasteiger partial charge on any atom is 0.143 e. The van der Waals surface area contributed by atoms with Gasteiger partial charge in [0.2, 0.25) is 0 Å². The first-order chi connectivity index (χ1) is 29.5. The van der Waals surface area contributed by atoms with Crippen LogP contribution in [-0.4, -0.2) is 4.57 Å². The van der Waals surface area contributed by atoms with E-state index in [0.29, 0.717) is 0 Å². The van der Waals surface area contributed by atoms with Crippen molar-refractivity contribution in [3.63, 3.8) is 0 Å². The van der Waals surface area contributed by atoms with Crippen molar-refractivity contribution in [1.29, 1.82) is 0 Å². The number of para-hydroxylation sites is 3. The molecule has 2 aromatic heterocycles. The zero-order valence-corrected chi connectivity index (χ0v) is 33.3. The van der Waals surface area contributed by atoms with Crippen molar-refractivity contribution in [2.75, 3.05) is 0 Å². The van der Waals surface area contributed by atoms with Crippen molar-refractivity contribution in [3.05, 3.63) is 221 Å². The van der Waals surface area contributed by atoms with Crippen LogP contribution in [0.2, 0.25) is 0 Å². The second-order valence-electron chi connectivity index (χ2n) is 17.5. The third-order valence-corrected chi connectivity index (χ3v) is 14.4. The van der Waals surface area contributed by atoms with Crippen molar-refractivity contribution in [1.82, 2.24) is 4.57 Å². The van der Waals surface area contributed by atoms with Gasteiger partial charge < -0.3 is 8.98 Å². The number of furan rings is 1. The fourth-order valence-corrected chi connectivity index (χ4v) is 12.0. The van der Waals surface area contributed by atoms with E-state index in [9.17, 15) is 0 Å². The summed E-state index contributed by atoms with van der Waals surface area (Å²) in [4.78, 5) is 0. The quantitative estimate of drug-likeness (QED) is 0.171. The number of hydrogen-bond donors (Lipinski definition) is 0. The Balaban J connectivity index is 1.19. The van der Waals surface area contributed by atoms with Crippen LogP contribution in [0.1, 0.15) is 47.2 Å². The van der Waals surface area contributed by atoms with Crippen LogP contribution in [0.4, 0.5) is 0 Å². The summed E-state index contributed by atoms with van der Waals surface area (Å²) in [5.41, 5.74) is 22.9. The molecule has 0 amide bonds. The van der Waals surface area contributed by atoms with Gasteiger partial charge in [-0.05, 0) is 115 Å². The molecule has 1 spiro atoms. The van der Waals surface area contributed by atoms with E-state index in [2.05, 4.69) is 206 Å². The fourth-order valence-electron chi connectivity index (χ4n) is 12.0. The summed E-state index contributed by atoms with van der Waals surface area (Å²) in [6, 6.07) is 70.2. The molecule has 14 rings (SSSR count). The second-order valence-corrected chi connectivity index (χ2v) is 17.5. The molecule has 11 aromatic rings. The molecule has 0 bridgehead atoms. The lowest BCUT2D eigenvalue weighted by Gasteiger charge is -2.31. The molecule has 0 atom stereocenters. The van der Waals surface area contributed by atoms with Crippen LogP contribution in [0.5, 0.6) is 0 Å². The zero-order chi connectivity index (χ0) is 39.5. The van der Waals surface area contributed by atoms with Crippen LogP contribution in [0.25, 0.3) is 93.9 Å². The van der Waals surface area contributed by atoms with Crippen LogP contribution < -0.4 is 0 Å². The average molecular weight is 764 g/mol. The molecular weight excluding hydrogens is 727 g/mol. The van der Waals surface area contributed by atoms with Crippen molar-refractivity contribution in [2.24, 2.45) is 0 Å². The molecule has 2 nitrogen and oxygen atoms in total. The molecule has 0 N–H and O–H groups in total. The molecule has 3 aliphatic carbocycles. The summed E-state index contributed by atoms with van der Waals surface area (Å²) in [5.74, 6) is 0. The summed E-state index contributed by atoms with van der Waals surface area (Å²) in [6.07, 6.45) is 0. The van der Waals surface area contributed by atoms with Crippen LogP contribution in [0, 0.1) is 0 Å². The Hall–Kier alpha value is -7.42. The van der Waals surface area contributed by atoms with Gasteiger partial charge in [0.15, 0.2) is 0 Å².